The highest BCUT2D eigenvalue weighted by molar-refractivity contribution is 5.92. The first-order valence-electron chi connectivity index (χ1n) is 8.15. The maximum atomic E-state index is 12.1. The lowest BCUT2D eigenvalue weighted by atomic mass is 9.70. The summed E-state index contributed by atoms with van der Waals surface area (Å²) >= 11 is 0. The van der Waals surface area contributed by atoms with Gasteiger partial charge in [-0.2, -0.15) is 0 Å². The smallest absolute Gasteiger partial charge is 0.309 e. The van der Waals surface area contributed by atoms with Crippen molar-refractivity contribution >= 4 is 17.7 Å². The number of hydrogen-bond donors (Lipinski definition) is 1. The second-order valence-electron chi connectivity index (χ2n) is 7.39. The van der Waals surface area contributed by atoms with Crippen LogP contribution < -0.4 is 5.32 Å². The molecule has 0 saturated heterocycles. The van der Waals surface area contributed by atoms with Gasteiger partial charge in [0.25, 0.3) is 5.91 Å². The Hall–Kier alpha value is -1.85. The number of anilines is 1. The molecule has 1 aliphatic rings. The molecule has 0 bridgehead atoms. The van der Waals surface area contributed by atoms with Gasteiger partial charge in [0.15, 0.2) is 12.4 Å². The molecule has 6 nitrogen and oxygen atoms in total. The minimum absolute atomic E-state index is 0.0873. The third kappa shape index (κ3) is 5.08. The molecular weight excluding hydrogens is 296 g/mol. The highest BCUT2D eigenvalue weighted by atomic mass is 16.5. The Morgan fingerprint density at radius 3 is 2.48 bits per heavy atom. The number of rotatable bonds is 4. The van der Waals surface area contributed by atoms with E-state index in [9.17, 15) is 9.59 Å². The molecule has 1 saturated carbocycles. The van der Waals surface area contributed by atoms with Crippen LogP contribution in [0.5, 0.6) is 0 Å². The average Bonchev–Trinajstić information content (AvgIpc) is 2.89. The van der Waals surface area contributed by atoms with E-state index in [1.807, 2.05) is 0 Å². The summed E-state index contributed by atoms with van der Waals surface area (Å²) in [7, 11) is 0. The van der Waals surface area contributed by atoms with Gasteiger partial charge in [-0.3, -0.25) is 9.59 Å². The molecule has 6 heteroatoms. The van der Waals surface area contributed by atoms with Crippen LogP contribution in [0, 0.1) is 24.2 Å². The first kappa shape index (κ1) is 17.5. The van der Waals surface area contributed by atoms with E-state index in [0.29, 0.717) is 17.5 Å². The Balaban J connectivity index is 1.72. The molecule has 23 heavy (non-hydrogen) atoms. The van der Waals surface area contributed by atoms with Gasteiger partial charge in [0.2, 0.25) is 0 Å². The first-order chi connectivity index (χ1) is 10.8. The number of ether oxygens (including phenoxy) is 1. The number of nitrogens with zero attached hydrogens (tertiary/aromatic N) is 1. The highest BCUT2D eigenvalue weighted by Crippen LogP contribution is 2.40. The van der Waals surface area contributed by atoms with Crippen LogP contribution in [-0.2, 0) is 14.3 Å². The van der Waals surface area contributed by atoms with Gasteiger partial charge in [0.05, 0.1) is 5.92 Å². The van der Waals surface area contributed by atoms with Crippen LogP contribution in [0.25, 0.3) is 0 Å². The predicted octanol–water partition coefficient (Wildman–Crippen LogP) is 3.32. The van der Waals surface area contributed by atoms with E-state index in [0.717, 1.165) is 25.7 Å². The lowest BCUT2D eigenvalue weighted by Crippen LogP contribution is -2.31. The summed E-state index contributed by atoms with van der Waals surface area (Å²) in [4.78, 5) is 23.8. The van der Waals surface area contributed by atoms with Crippen molar-refractivity contribution in [1.29, 1.82) is 0 Å². The highest BCUT2D eigenvalue weighted by Gasteiger charge is 2.33. The van der Waals surface area contributed by atoms with E-state index < -0.39 is 5.91 Å². The third-order valence-corrected chi connectivity index (χ3v) is 4.53. The van der Waals surface area contributed by atoms with Crippen LogP contribution in [0.4, 0.5) is 5.82 Å². The minimum atomic E-state index is -0.407. The largest absolute Gasteiger partial charge is 0.455 e. The summed E-state index contributed by atoms with van der Waals surface area (Å²) in [6, 6.07) is 1.60. The summed E-state index contributed by atoms with van der Waals surface area (Å²) in [6.45, 7) is 8.17. The number of carbonyl (C=O) groups excluding carboxylic acids is 2. The van der Waals surface area contributed by atoms with E-state index in [2.05, 4.69) is 31.2 Å². The Morgan fingerprint density at radius 1 is 1.30 bits per heavy atom. The molecule has 1 amide bonds. The molecule has 1 aliphatic carbocycles. The van der Waals surface area contributed by atoms with E-state index >= 15 is 0 Å². The zero-order valence-electron chi connectivity index (χ0n) is 14.3. The van der Waals surface area contributed by atoms with Crippen molar-refractivity contribution in [2.45, 2.75) is 53.4 Å². The number of hydrogen-bond acceptors (Lipinski definition) is 5. The second kappa shape index (κ2) is 7.15. The maximum absolute atomic E-state index is 12.1. The number of esters is 1. The summed E-state index contributed by atoms with van der Waals surface area (Å²) in [5.74, 6) is 0.807. The van der Waals surface area contributed by atoms with Gasteiger partial charge in [-0.15, -0.1) is 0 Å². The molecule has 2 rings (SSSR count). The number of nitrogens with one attached hydrogen (secondary N) is 1. The van der Waals surface area contributed by atoms with Crippen molar-refractivity contribution in [3.63, 3.8) is 0 Å². The SMILES string of the molecule is Cc1cc(NC(=O)COC(=O)C2CCC(C(C)(C)C)CC2)no1. The van der Waals surface area contributed by atoms with Crippen molar-refractivity contribution in [3.8, 4) is 0 Å². The molecule has 1 N–H and O–H groups in total. The first-order valence-corrected chi connectivity index (χ1v) is 8.15. The van der Waals surface area contributed by atoms with E-state index in [1.165, 1.54) is 0 Å². The molecular formula is C17H26N2O4. The summed E-state index contributed by atoms with van der Waals surface area (Å²) in [6.07, 6.45) is 3.75. The number of aryl methyl sites for hydroxylation is 1. The molecule has 1 aromatic rings. The fourth-order valence-corrected chi connectivity index (χ4v) is 3.05. The van der Waals surface area contributed by atoms with Gasteiger partial charge in [-0.05, 0) is 43.9 Å². The molecule has 0 unspecified atom stereocenters. The fraction of sp³-hybridized carbons (Fsp3) is 0.706. The quantitative estimate of drug-likeness (QED) is 0.860. The molecule has 0 aromatic carbocycles. The molecule has 1 heterocycles. The normalized spacial score (nSPS) is 21.7. The lowest BCUT2D eigenvalue weighted by Gasteiger charge is -2.36. The van der Waals surface area contributed by atoms with Crippen molar-refractivity contribution in [2.75, 3.05) is 11.9 Å². The monoisotopic (exact) mass is 322 g/mol. The molecule has 0 atom stereocenters. The maximum Gasteiger partial charge on any atom is 0.309 e. The molecule has 0 aliphatic heterocycles. The van der Waals surface area contributed by atoms with Crippen molar-refractivity contribution < 1.29 is 18.8 Å². The van der Waals surface area contributed by atoms with E-state index in [4.69, 9.17) is 9.26 Å². The van der Waals surface area contributed by atoms with Gasteiger partial charge in [0, 0.05) is 6.07 Å². The van der Waals surface area contributed by atoms with Crippen molar-refractivity contribution in [3.05, 3.63) is 11.8 Å². The summed E-state index contributed by atoms with van der Waals surface area (Å²) < 4.78 is 9.98. The lowest BCUT2D eigenvalue weighted by molar-refractivity contribution is -0.153. The van der Waals surface area contributed by atoms with E-state index in [-0.39, 0.29) is 23.9 Å². The Bertz CT molecular complexity index is 551. The minimum Gasteiger partial charge on any atom is -0.455 e. The van der Waals surface area contributed by atoms with Crippen LogP contribution in [0.15, 0.2) is 10.6 Å². The fourth-order valence-electron chi connectivity index (χ4n) is 3.05. The molecule has 1 fully saturated rings. The average molecular weight is 322 g/mol. The Kier molecular flexibility index (Phi) is 5.44. The molecule has 128 valence electrons. The van der Waals surface area contributed by atoms with Gasteiger partial charge < -0.3 is 14.6 Å². The zero-order chi connectivity index (χ0) is 17.0. The molecule has 0 radical (unpaired) electrons. The Labute approximate surface area is 136 Å². The van der Waals surface area contributed by atoms with Gasteiger partial charge in [-0.1, -0.05) is 25.9 Å². The van der Waals surface area contributed by atoms with Crippen LogP contribution in [-0.4, -0.2) is 23.6 Å². The van der Waals surface area contributed by atoms with Crippen LogP contribution in [0.2, 0.25) is 0 Å². The topological polar surface area (TPSA) is 81.4 Å². The predicted molar refractivity (Wildman–Crippen MR) is 85.7 cm³/mol. The van der Waals surface area contributed by atoms with Gasteiger partial charge in [0.1, 0.15) is 5.76 Å². The summed E-state index contributed by atoms with van der Waals surface area (Å²) in [5.41, 5.74) is 0.282. The third-order valence-electron chi connectivity index (χ3n) is 4.53. The number of aromatic nitrogens is 1. The van der Waals surface area contributed by atoms with Gasteiger partial charge >= 0.3 is 5.97 Å². The molecule has 0 spiro atoms. The zero-order valence-corrected chi connectivity index (χ0v) is 14.3. The van der Waals surface area contributed by atoms with Gasteiger partial charge in [-0.25, -0.2) is 0 Å². The van der Waals surface area contributed by atoms with Crippen LogP contribution in [0.3, 0.4) is 0 Å². The second-order valence-corrected chi connectivity index (χ2v) is 7.39. The van der Waals surface area contributed by atoms with Crippen molar-refractivity contribution in [2.24, 2.45) is 17.3 Å². The number of carbonyl (C=O) groups is 2. The number of amides is 1. The molecule has 1 aromatic heterocycles. The summed E-state index contributed by atoms with van der Waals surface area (Å²) in [5, 5.41) is 6.18. The van der Waals surface area contributed by atoms with Crippen LogP contribution >= 0.6 is 0 Å². The standard InChI is InChI=1S/C17H26N2O4/c1-11-9-14(19-23-11)18-15(20)10-22-16(21)12-5-7-13(8-6-12)17(2,3)4/h9,12-13H,5-8,10H2,1-4H3,(H,18,19,20). The van der Waals surface area contributed by atoms with Crippen LogP contribution in [0.1, 0.15) is 52.2 Å². The van der Waals surface area contributed by atoms with E-state index in [1.54, 1.807) is 13.0 Å². The van der Waals surface area contributed by atoms with Crippen molar-refractivity contribution in [1.82, 2.24) is 5.16 Å². The Morgan fingerprint density at radius 2 is 1.96 bits per heavy atom.